The molecule has 0 aliphatic carbocycles. The average molecular weight is 263 g/mol. The molecule has 1 aromatic carbocycles. The molecule has 0 saturated heterocycles. The summed E-state index contributed by atoms with van der Waals surface area (Å²) in [7, 11) is 0. The molecule has 0 aliphatic heterocycles. The summed E-state index contributed by atoms with van der Waals surface area (Å²) in [6.07, 6.45) is 0.609. The fourth-order valence-corrected chi connectivity index (χ4v) is 1.78. The molecular formula is C15H21NO3. The van der Waals surface area contributed by atoms with Gasteiger partial charge in [0.05, 0.1) is 0 Å². The summed E-state index contributed by atoms with van der Waals surface area (Å²) < 4.78 is 0. The van der Waals surface area contributed by atoms with Crippen LogP contribution in [0.15, 0.2) is 30.3 Å². The van der Waals surface area contributed by atoms with Crippen LogP contribution in [0.1, 0.15) is 32.8 Å². The summed E-state index contributed by atoms with van der Waals surface area (Å²) >= 11 is 0. The van der Waals surface area contributed by atoms with Gasteiger partial charge in [0.15, 0.2) is 0 Å². The molecule has 0 heterocycles. The number of carbonyl (C=O) groups is 2. The minimum atomic E-state index is -1.01. The maximum Gasteiger partial charge on any atom is 0.326 e. The number of nitrogens with one attached hydrogen (secondary N) is 1. The first kappa shape index (κ1) is 15.2. The van der Waals surface area contributed by atoms with E-state index >= 15 is 0 Å². The smallest absolute Gasteiger partial charge is 0.326 e. The Morgan fingerprint density at radius 1 is 1.21 bits per heavy atom. The van der Waals surface area contributed by atoms with Crippen molar-refractivity contribution in [2.45, 2.75) is 39.7 Å². The average Bonchev–Trinajstić information content (AvgIpc) is 2.26. The Morgan fingerprint density at radius 3 is 2.26 bits per heavy atom. The number of rotatable bonds is 5. The fraction of sp³-hybridized carbons (Fsp3) is 0.467. The minimum absolute atomic E-state index is 0.153. The lowest BCUT2D eigenvalue weighted by Crippen LogP contribution is -2.43. The molecule has 4 heteroatoms. The number of carboxylic acids is 1. The molecule has 104 valence electrons. The van der Waals surface area contributed by atoms with Gasteiger partial charge in [0.2, 0.25) is 5.91 Å². The van der Waals surface area contributed by atoms with Gasteiger partial charge in [0.25, 0.3) is 0 Å². The van der Waals surface area contributed by atoms with Crippen LogP contribution in [0.5, 0.6) is 0 Å². The van der Waals surface area contributed by atoms with Gasteiger partial charge < -0.3 is 10.4 Å². The van der Waals surface area contributed by atoms with Gasteiger partial charge >= 0.3 is 5.97 Å². The molecule has 0 fully saturated rings. The summed E-state index contributed by atoms with van der Waals surface area (Å²) in [5.74, 6) is -1.23. The van der Waals surface area contributed by atoms with Crippen LogP contribution in [0.2, 0.25) is 0 Å². The molecule has 0 saturated carbocycles. The van der Waals surface area contributed by atoms with Crippen LogP contribution in [0.3, 0.4) is 0 Å². The molecule has 0 unspecified atom stereocenters. The van der Waals surface area contributed by atoms with Crippen LogP contribution < -0.4 is 5.32 Å². The molecule has 0 aliphatic rings. The molecule has 0 radical (unpaired) electrons. The summed E-state index contributed by atoms with van der Waals surface area (Å²) in [5, 5.41) is 11.8. The Hall–Kier alpha value is -1.84. The second-order valence-corrected chi connectivity index (χ2v) is 5.89. The molecule has 19 heavy (non-hydrogen) atoms. The first-order chi connectivity index (χ1) is 8.78. The van der Waals surface area contributed by atoms with Crippen molar-refractivity contribution in [3.8, 4) is 0 Å². The van der Waals surface area contributed by atoms with E-state index in [-0.39, 0.29) is 11.3 Å². The predicted octanol–water partition coefficient (Wildman–Crippen LogP) is 2.23. The fourth-order valence-electron chi connectivity index (χ4n) is 1.78. The third kappa shape index (κ3) is 6.04. The van der Waals surface area contributed by atoms with E-state index in [4.69, 9.17) is 5.11 Å². The molecule has 0 bridgehead atoms. The molecule has 1 rings (SSSR count). The zero-order valence-electron chi connectivity index (χ0n) is 11.6. The lowest BCUT2D eigenvalue weighted by molar-refractivity contribution is -0.142. The highest BCUT2D eigenvalue weighted by Gasteiger charge is 2.23. The molecular weight excluding hydrogens is 242 g/mol. The zero-order valence-corrected chi connectivity index (χ0v) is 11.6. The highest BCUT2D eigenvalue weighted by atomic mass is 16.4. The van der Waals surface area contributed by atoms with Crippen molar-refractivity contribution in [3.63, 3.8) is 0 Å². The summed E-state index contributed by atoms with van der Waals surface area (Å²) in [4.78, 5) is 23.0. The van der Waals surface area contributed by atoms with Gasteiger partial charge in [-0.15, -0.1) is 0 Å². The highest BCUT2D eigenvalue weighted by molar-refractivity contribution is 5.84. The zero-order chi connectivity index (χ0) is 14.5. The molecule has 1 atom stereocenters. The monoisotopic (exact) mass is 263 g/mol. The normalized spacial score (nSPS) is 12.8. The first-order valence-corrected chi connectivity index (χ1v) is 6.34. The molecule has 4 nitrogen and oxygen atoms in total. The van der Waals surface area contributed by atoms with Gasteiger partial charge in [0.1, 0.15) is 6.04 Å². The Labute approximate surface area is 113 Å². The van der Waals surface area contributed by atoms with E-state index in [0.29, 0.717) is 12.8 Å². The van der Waals surface area contributed by atoms with Crippen molar-refractivity contribution in [3.05, 3.63) is 35.9 Å². The minimum Gasteiger partial charge on any atom is -0.480 e. The molecule has 2 N–H and O–H groups in total. The van der Waals surface area contributed by atoms with Crippen molar-refractivity contribution in [1.29, 1.82) is 0 Å². The maximum absolute atomic E-state index is 11.8. The van der Waals surface area contributed by atoms with Crippen molar-refractivity contribution in [2.75, 3.05) is 0 Å². The van der Waals surface area contributed by atoms with Crippen molar-refractivity contribution < 1.29 is 14.7 Å². The van der Waals surface area contributed by atoms with Crippen LogP contribution in [0, 0.1) is 5.41 Å². The number of benzene rings is 1. The van der Waals surface area contributed by atoms with E-state index in [9.17, 15) is 9.59 Å². The quantitative estimate of drug-likeness (QED) is 0.856. The Balaban J connectivity index is 2.64. The summed E-state index contributed by atoms with van der Waals surface area (Å²) in [6.45, 7) is 5.83. The SMILES string of the molecule is CC(C)(C)CC(=O)N[C@@H](Cc1ccccc1)C(=O)O. The summed E-state index contributed by atoms with van der Waals surface area (Å²) in [5.41, 5.74) is 0.742. The first-order valence-electron chi connectivity index (χ1n) is 6.34. The highest BCUT2D eigenvalue weighted by Crippen LogP contribution is 2.18. The van der Waals surface area contributed by atoms with E-state index in [1.807, 2.05) is 51.1 Å². The molecule has 1 aromatic rings. The summed E-state index contributed by atoms with van der Waals surface area (Å²) in [6, 6.07) is 8.41. The van der Waals surface area contributed by atoms with E-state index in [1.54, 1.807) is 0 Å². The van der Waals surface area contributed by atoms with Gasteiger partial charge in [-0.2, -0.15) is 0 Å². The van der Waals surface area contributed by atoms with E-state index < -0.39 is 12.0 Å². The number of hydrogen-bond acceptors (Lipinski definition) is 2. The Morgan fingerprint density at radius 2 is 1.79 bits per heavy atom. The van der Waals surface area contributed by atoms with Gasteiger partial charge in [0, 0.05) is 12.8 Å². The topological polar surface area (TPSA) is 66.4 Å². The van der Waals surface area contributed by atoms with E-state index in [0.717, 1.165) is 5.56 Å². The molecule has 0 aromatic heterocycles. The third-order valence-corrected chi connectivity index (χ3v) is 2.61. The number of carboxylic acid groups (broad SMARTS) is 1. The largest absolute Gasteiger partial charge is 0.480 e. The number of carbonyl (C=O) groups excluding carboxylic acids is 1. The van der Waals surface area contributed by atoms with Crippen LogP contribution in [0.4, 0.5) is 0 Å². The lowest BCUT2D eigenvalue weighted by Gasteiger charge is -2.20. The lowest BCUT2D eigenvalue weighted by atomic mass is 9.91. The standard InChI is InChI=1S/C15H21NO3/c1-15(2,3)10-13(17)16-12(14(18)19)9-11-7-5-4-6-8-11/h4-8,12H,9-10H2,1-3H3,(H,16,17)(H,18,19)/t12-/m0/s1. The van der Waals surface area contributed by atoms with Gasteiger partial charge in [-0.1, -0.05) is 51.1 Å². The number of amides is 1. The number of hydrogen-bond donors (Lipinski definition) is 2. The van der Waals surface area contributed by atoms with Gasteiger partial charge in [-0.05, 0) is 11.0 Å². The van der Waals surface area contributed by atoms with Crippen LogP contribution in [-0.2, 0) is 16.0 Å². The van der Waals surface area contributed by atoms with Crippen molar-refractivity contribution >= 4 is 11.9 Å². The van der Waals surface area contributed by atoms with Crippen LogP contribution >= 0.6 is 0 Å². The van der Waals surface area contributed by atoms with Gasteiger partial charge in [-0.25, -0.2) is 4.79 Å². The Bertz CT molecular complexity index is 434. The van der Waals surface area contributed by atoms with Crippen LogP contribution in [-0.4, -0.2) is 23.0 Å². The van der Waals surface area contributed by atoms with E-state index in [1.165, 1.54) is 0 Å². The molecule has 0 spiro atoms. The van der Waals surface area contributed by atoms with E-state index in [2.05, 4.69) is 5.32 Å². The number of aliphatic carboxylic acids is 1. The Kier molecular flexibility index (Phi) is 5.10. The van der Waals surface area contributed by atoms with Crippen molar-refractivity contribution in [2.24, 2.45) is 5.41 Å². The predicted molar refractivity (Wildman–Crippen MR) is 73.8 cm³/mol. The maximum atomic E-state index is 11.8. The third-order valence-electron chi connectivity index (χ3n) is 2.61. The van der Waals surface area contributed by atoms with Crippen molar-refractivity contribution in [1.82, 2.24) is 5.32 Å². The second kappa shape index (κ2) is 6.36. The van der Waals surface area contributed by atoms with Crippen LogP contribution in [0.25, 0.3) is 0 Å². The second-order valence-electron chi connectivity index (χ2n) is 5.89. The van der Waals surface area contributed by atoms with Gasteiger partial charge in [-0.3, -0.25) is 4.79 Å². The molecule has 1 amide bonds.